The normalized spacial score (nSPS) is 19.4. The van der Waals surface area contributed by atoms with E-state index in [1.54, 1.807) is 7.11 Å². The molecule has 1 unspecified atom stereocenters. The van der Waals surface area contributed by atoms with Crippen LogP contribution in [0.25, 0.3) is 0 Å². The summed E-state index contributed by atoms with van der Waals surface area (Å²) in [4.78, 5) is 18.4. The third-order valence-corrected chi connectivity index (χ3v) is 3.28. The van der Waals surface area contributed by atoms with E-state index in [0.29, 0.717) is 19.0 Å². The van der Waals surface area contributed by atoms with E-state index in [-0.39, 0.29) is 12.0 Å². The number of rotatable bonds is 5. The van der Waals surface area contributed by atoms with Gasteiger partial charge in [-0.2, -0.15) is 0 Å². The highest BCUT2D eigenvalue weighted by Gasteiger charge is 2.31. The highest BCUT2D eigenvalue weighted by Crippen LogP contribution is 2.21. The summed E-state index contributed by atoms with van der Waals surface area (Å²) in [6, 6.07) is 5.55. The van der Waals surface area contributed by atoms with Crippen molar-refractivity contribution >= 4 is 5.97 Å². The second kappa shape index (κ2) is 6.52. The first-order valence-electron chi connectivity index (χ1n) is 6.65. The zero-order valence-electron chi connectivity index (χ0n) is 11.5. The van der Waals surface area contributed by atoms with Gasteiger partial charge in [-0.15, -0.1) is 0 Å². The first-order valence-corrected chi connectivity index (χ1v) is 6.65. The molecule has 5 nitrogen and oxygen atoms in total. The molecule has 19 heavy (non-hydrogen) atoms. The van der Waals surface area contributed by atoms with Crippen LogP contribution in [0, 0.1) is 0 Å². The minimum atomic E-state index is -0.132. The van der Waals surface area contributed by atoms with Crippen LogP contribution in [0.4, 0.5) is 0 Å². The van der Waals surface area contributed by atoms with Gasteiger partial charge >= 0.3 is 5.97 Å². The van der Waals surface area contributed by atoms with Gasteiger partial charge in [-0.3, -0.25) is 9.69 Å². The van der Waals surface area contributed by atoms with Crippen LogP contribution in [0.15, 0.2) is 18.2 Å². The molecular weight excluding hydrogens is 244 g/mol. The van der Waals surface area contributed by atoms with E-state index < -0.39 is 0 Å². The molecule has 1 aliphatic heterocycles. The molecule has 1 aromatic rings. The number of hydrogen-bond donors (Lipinski definition) is 0. The van der Waals surface area contributed by atoms with Crippen LogP contribution in [0.1, 0.15) is 25.5 Å². The summed E-state index contributed by atoms with van der Waals surface area (Å²) >= 11 is 0. The monoisotopic (exact) mass is 264 g/mol. The van der Waals surface area contributed by atoms with Crippen LogP contribution in [0.3, 0.4) is 0 Å². The molecule has 0 amide bonds. The largest absolute Gasteiger partial charge is 0.481 e. The van der Waals surface area contributed by atoms with Crippen molar-refractivity contribution in [2.24, 2.45) is 0 Å². The van der Waals surface area contributed by atoms with Gasteiger partial charge in [0, 0.05) is 12.6 Å². The molecule has 0 aromatic carbocycles. The molecule has 1 atom stereocenters. The lowest BCUT2D eigenvalue weighted by Crippen LogP contribution is -2.37. The van der Waals surface area contributed by atoms with Gasteiger partial charge in [0.1, 0.15) is 6.04 Å². The predicted octanol–water partition coefficient (Wildman–Crippen LogP) is 1.62. The van der Waals surface area contributed by atoms with Crippen molar-refractivity contribution in [3.8, 4) is 5.88 Å². The van der Waals surface area contributed by atoms with Gasteiger partial charge in [-0.05, 0) is 32.4 Å². The van der Waals surface area contributed by atoms with Gasteiger partial charge in [0.15, 0.2) is 0 Å². The number of carbonyl (C=O) groups is 1. The maximum absolute atomic E-state index is 11.9. The SMILES string of the molecule is CCOC(=O)C1CCCN1Cc1cccc(OC)n1. The van der Waals surface area contributed by atoms with Gasteiger partial charge in [0.05, 0.1) is 19.4 Å². The van der Waals surface area contributed by atoms with Crippen LogP contribution >= 0.6 is 0 Å². The minimum absolute atomic E-state index is 0.122. The minimum Gasteiger partial charge on any atom is -0.481 e. The fourth-order valence-electron chi connectivity index (χ4n) is 2.39. The van der Waals surface area contributed by atoms with E-state index in [0.717, 1.165) is 25.1 Å². The molecule has 1 aliphatic rings. The quantitative estimate of drug-likeness (QED) is 0.756. The van der Waals surface area contributed by atoms with E-state index in [4.69, 9.17) is 9.47 Å². The number of methoxy groups -OCH3 is 1. The van der Waals surface area contributed by atoms with Crippen molar-refractivity contribution in [1.82, 2.24) is 9.88 Å². The Morgan fingerprint density at radius 3 is 3.11 bits per heavy atom. The lowest BCUT2D eigenvalue weighted by molar-refractivity contribution is -0.148. The maximum Gasteiger partial charge on any atom is 0.323 e. The zero-order chi connectivity index (χ0) is 13.7. The van der Waals surface area contributed by atoms with Crippen LogP contribution in [-0.4, -0.2) is 42.2 Å². The van der Waals surface area contributed by atoms with Gasteiger partial charge < -0.3 is 9.47 Å². The summed E-state index contributed by atoms with van der Waals surface area (Å²) in [5.74, 6) is 0.479. The number of hydrogen-bond acceptors (Lipinski definition) is 5. The molecule has 2 rings (SSSR count). The molecule has 0 radical (unpaired) electrons. The van der Waals surface area contributed by atoms with Crippen molar-refractivity contribution < 1.29 is 14.3 Å². The van der Waals surface area contributed by atoms with Crippen LogP contribution in [0.5, 0.6) is 5.88 Å². The molecule has 0 N–H and O–H groups in total. The third-order valence-electron chi connectivity index (χ3n) is 3.28. The van der Waals surface area contributed by atoms with Crippen LogP contribution in [-0.2, 0) is 16.1 Å². The van der Waals surface area contributed by atoms with Crippen molar-refractivity contribution in [2.45, 2.75) is 32.4 Å². The Morgan fingerprint density at radius 1 is 1.53 bits per heavy atom. The number of pyridine rings is 1. The first kappa shape index (κ1) is 13.8. The average Bonchev–Trinajstić information content (AvgIpc) is 2.87. The summed E-state index contributed by atoms with van der Waals surface area (Å²) in [6.45, 7) is 3.82. The van der Waals surface area contributed by atoms with Crippen molar-refractivity contribution in [3.05, 3.63) is 23.9 Å². The maximum atomic E-state index is 11.9. The molecule has 1 fully saturated rings. The molecule has 0 saturated carbocycles. The molecule has 5 heteroatoms. The van der Waals surface area contributed by atoms with Crippen molar-refractivity contribution in [2.75, 3.05) is 20.3 Å². The Hall–Kier alpha value is -1.62. The topological polar surface area (TPSA) is 51.7 Å². The van der Waals surface area contributed by atoms with Crippen LogP contribution in [0.2, 0.25) is 0 Å². The van der Waals surface area contributed by atoms with E-state index in [2.05, 4.69) is 9.88 Å². The van der Waals surface area contributed by atoms with Gasteiger partial charge in [-0.1, -0.05) is 6.07 Å². The standard InChI is InChI=1S/C14H20N2O3/c1-3-19-14(17)12-7-5-9-16(12)10-11-6-4-8-13(15-11)18-2/h4,6,8,12H,3,5,7,9-10H2,1-2H3. The summed E-state index contributed by atoms with van der Waals surface area (Å²) in [5.41, 5.74) is 0.913. The lowest BCUT2D eigenvalue weighted by Gasteiger charge is -2.22. The van der Waals surface area contributed by atoms with Gasteiger partial charge in [0.2, 0.25) is 5.88 Å². The van der Waals surface area contributed by atoms with E-state index >= 15 is 0 Å². The van der Waals surface area contributed by atoms with E-state index in [1.807, 2.05) is 25.1 Å². The van der Waals surface area contributed by atoms with Crippen molar-refractivity contribution in [1.29, 1.82) is 0 Å². The summed E-state index contributed by atoms with van der Waals surface area (Å²) in [6.07, 6.45) is 1.89. The third kappa shape index (κ3) is 3.44. The Labute approximate surface area is 113 Å². The second-order valence-corrected chi connectivity index (χ2v) is 4.55. The zero-order valence-corrected chi connectivity index (χ0v) is 11.5. The lowest BCUT2D eigenvalue weighted by atomic mass is 10.2. The number of nitrogens with zero attached hydrogens (tertiary/aromatic N) is 2. The summed E-state index contributed by atoms with van der Waals surface area (Å²) in [7, 11) is 1.60. The fourth-order valence-corrected chi connectivity index (χ4v) is 2.39. The number of likely N-dealkylation sites (tertiary alicyclic amines) is 1. The smallest absolute Gasteiger partial charge is 0.323 e. The number of esters is 1. The molecule has 0 bridgehead atoms. The predicted molar refractivity (Wildman–Crippen MR) is 70.9 cm³/mol. The molecule has 1 saturated heterocycles. The Morgan fingerprint density at radius 2 is 2.37 bits per heavy atom. The number of aromatic nitrogens is 1. The van der Waals surface area contributed by atoms with E-state index in [9.17, 15) is 4.79 Å². The molecular formula is C14H20N2O3. The van der Waals surface area contributed by atoms with Gasteiger partial charge in [0.25, 0.3) is 0 Å². The molecule has 0 aliphatic carbocycles. The Bertz CT molecular complexity index is 436. The molecule has 104 valence electrons. The first-order chi connectivity index (χ1) is 9.24. The molecule has 1 aromatic heterocycles. The average molecular weight is 264 g/mol. The Kier molecular flexibility index (Phi) is 4.74. The highest BCUT2D eigenvalue weighted by atomic mass is 16.5. The fraction of sp³-hybridized carbons (Fsp3) is 0.571. The number of carbonyl (C=O) groups excluding carboxylic acids is 1. The molecule has 2 heterocycles. The van der Waals surface area contributed by atoms with Gasteiger partial charge in [-0.25, -0.2) is 4.98 Å². The van der Waals surface area contributed by atoms with Crippen LogP contribution < -0.4 is 4.74 Å². The summed E-state index contributed by atoms with van der Waals surface area (Å²) in [5, 5.41) is 0. The molecule has 0 spiro atoms. The van der Waals surface area contributed by atoms with Crippen molar-refractivity contribution in [3.63, 3.8) is 0 Å². The number of ether oxygens (including phenoxy) is 2. The highest BCUT2D eigenvalue weighted by molar-refractivity contribution is 5.76. The van der Waals surface area contributed by atoms with E-state index in [1.165, 1.54) is 0 Å². The summed E-state index contributed by atoms with van der Waals surface area (Å²) < 4.78 is 10.2. The second-order valence-electron chi connectivity index (χ2n) is 4.55. The Balaban J connectivity index is 2.02.